The molecule has 3 nitrogen and oxygen atoms in total. The molecule has 2 rings (SSSR count). The first-order chi connectivity index (χ1) is 9.15. The monoisotopic (exact) mass is 262 g/mol. The molecular formula is C16H26N2O. The smallest absolute Gasteiger partial charge is 0.123 e. The summed E-state index contributed by atoms with van der Waals surface area (Å²) < 4.78 is 5.57. The highest BCUT2D eigenvalue weighted by Gasteiger charge is 2.23. The van der Waals surface area contributed by atoms with Crippen molar-refractivity contribution >= 4 is 0 Å². The Kier molecular flexibility index (Phi) is 4.83. The summed E-state index contributed by atoms with van der Waals surface area (Å²) in [6.07, 6.45) is 2.64. The van der Waals surface area contributed by atoms with Crippen molar-refractivity contribution in [2.45, 2.75) is 44.7 Å². The molecule has 0 bridgehead atoms. The van der Waals surface area contributed by atoms with Gasteiger partial charge >= 0.3 is 0 Å². The predicted molar refractivity (Wildman–Crippen MR) is 79.9 cm³/mol. The van der Waals surface area contributed by atoms with Crippen molar-refractivity contribution in [3.63, 3.8) is 0 Å². The zero-order chi connectivity index (χ0) is 13.8. The number of benzene rings is 1. The van der Waals surface area contributed by atoms with Crippen LogP contribution in [0.25, 0.3) is 0 Å². The molecule has 0 saturated heterocycles. The summed E-state index contributed by atoms with van der Waals surface area (Å²) in [4.78, 5) is 0. The number of methoxy groups -OCH3 is 1. The highest BCUT2D eigenvalue weighted by molar-refractivity contribution is 5.41. The second-order valence-electron chi connectivity index (χ2n) is 5.68. The van der Waals surface area contributed by atoms with Crippen molar-refractivity contribution in [1.82, 2.24) is 10.6 Å². The zero-order valence-corrected chi connectivity index (χ0v) is 12.5. The van der Waals surface area contributed by atoms with Gasteiger partial charge in [-0.2, -0.15) is 0 Å². The van der Waals surface area contributed by atoms with Gasteiger partial charge in [0, 0.05) is 24.2 Å². The van der Waals surface area contributed by atoms with E-state index in [0.717, 1.165) is 18.3 Å². The van der Waals surface area contributed by atoms with Crippen molar-refractivity contribution in [3.05, 3.63) is 29.3 Å². The average Bonchev–Trinajstić information content (AvgIpc) is 3.23. The van der Waals surface area contributed by atoms with Crippen molar-refractivity contribution < 1.29 is 4.74 Å². The van der Waals surface area contributed by atoms with Crippen LogP contribution in [0.2, 0.25) is 0 Å². The molecular weight excluding hydrogens is 236 g/mol. The lowest BCUT2D eigenvalue weighted by Crippen LogP contribution is -2.31. The van der Waals surface area contributed by atoms with Gasteiger partial charge in [-0.05, 0) is 37.4 Å². The minimum Gasteiger partial charge on any atom is -0.496 e. The topological polar surface area (TPSA) is 33.3 Å². The molecule has 1 aliphatic rings. The summed E-state index contributed by atoms with van der Waals surface area (Å²) in [5.41, 5.74) is 2.56. The van der Waals surface area contributed by atoms with E-state index >= 15 is 0 Å². The van der Waals surface area contributed by atoms with Gasteiger partial charge in [-0.3, -0.25) is 0 Å². The van der Waals surface area contributed by atoms with Crippen LogP contribution in [0.4, 0.5) is 0 Å². The Balaban J connectivity index is 2.14. The Hall–Kier alpha value is -1.06. The summed E-state index contributed by atoms with van der Waals surface area (Å²) in [6, 6.07) is 7.61. The standard InChI is InChI=1S/C16H26N2O/c1-11(2)12-5-8-14(16(9-12)19-4)15(17-3)10-18-13-6-7-13/h5,8-9,11,13,15,17-18H,6-7,10H2,1-4H3. The fourth-order valence-corrected chi connectivity index (χ4v) is 2.31. The van der Waals surface area contributed by atoms with Crippen LogP contribution in [0.3, 0.4) is 0 Å². The van der Waals surface area contributed by atoms with E-state index in [1.165, 1.54) is 24.0 Å². The number of likely N-dealkylation sites (N-methyl/N-ethyl adjacent to an activating group) is 1. The molecule has 19 heavy (non-hydrogen) atoms. The van der Waals surface area contributed by atoms with Crippen LogP contribution in [0, 0.1) is 0 Å². The van der Waals surface area contributed by atoms with E-state index < -0.39 is 0 Å². The molecule has 0 amide bonds. The molecule has 1 aromatic carbocycles. The molecule has 0 radical (unpaired) electrons. The SMILES string of the molecule is CNC(CNC1CC1)c1ccc(C(C)C)cc1OC. The zero-order valence-electron chi connectivity index (χ0n) is 12.5. The normalized spacial score (nSPS) is 16.7. The molecule has 1 aromatic rings. The van der Waals surface area contributed by atoms with Gasteiger partial charge in [0.2, 0.25) is 0 Å². The third-order valence-electron chi connectivity index (χ3n) is 3.84. The predicted octanol–water partition coefficient (Wildman–Crippen LogP) is 2.83. The molecule has 1 fully saturated rings. The van der Waals surface area contributed by atoms with Gasteiger partial charge in [-0.15, -0.1) is 0 Å². The summed E-state index contributed by atoms with van der Waals surface area (Å²) >= 11 is 0. The number of hydrogen-bond acceptors (Lipinski definition) is 3. The number of nitrogens with one attached hydrogen (secondary N) is 2. The van der Waals surface area contributed by atoms with E-state index in [-0.39, 0.29) is 0 Å². The molecule has 0 aromatic heterocycles. The van der Waals surface area contributed by atoms with Gasteiger partial charge in [0.15, 0.2) is 0 Å². The minimum absolute atomic E-state index is 0.303. The first-order valence-corrected chi connectivity index (χ1v) is 7.24. The van der Waals surface area contributed by atoms with Crippen LogP contribution < -0.4 is 15.4 Å². The Labute approximate surface area is 116 Å². The molecule has 0 heterocycles. The molecule has 1 aliphatic carbocycles. The van der Waals surface area contributed by atoms with Gasteiger partial charge in [-0.25, -0.2) is 0 Å². The van der Waals surface area contributed by atoms with Crippen LogP contribution in [0.5, 0.6) is 5.75 Å². The second-order valence-corrected chi connectivity index (χ2v) is 5.68. The minimum atomic E-state index is 0.303. The van der Waals surface area contributed by atoms with E-state index in [0.29, 0.717) is 12.0 Å². The number of ether oxygens (including phenoxy) is 1. The Morgan fingerprint density at radius 2 is 2.05 bits per heavy atom. The quantitative estimate of drug-likeness (QED) is 0.793. The number of hydrogen-bond donors (Lipinski definition) is 2. The van der Waals surface area contributed by atoms with Crippen LogP contribution in [-0.2, 0) is 0 Å². The lowest BCUT2D eigenvalue weighted by Gasteiger charge is -2.21. The summed E-state index contributed by atoms with van der Waals surface area (Å²) in [5.74, 6) is 1.52. The van der Waals surface area contributed by atoms with E-state index in [4.69, 9.17) is 4.74 Å². The third kappa shape index (κ3) is 3.71. The fourth-order valence-electron chi connectivity index (χ4n) is 2.31. The molecule has 1 saturated carbocycles. The molecule has 2 N–H and O–H groups in total. The van der Waals surface area contributed by atoms with Gasteiger partial charge in [0.05, 0.1) is 7.11 Å². The van der Waals surface area contributed by atoms with Crippen LogP contribution in [0.1, 0.15) is 49.8 Å². The van der Waals surface area contributed by atoms with Crippen LogP contribution in [0.15, 0.2) is 18.2 Å². The lowest BCUT2D eigenvalue weighted by molar-refractivity contribution is 0.398. The van der Waals surface area contributed by atoms with Crippen LogP contribution in [-0.4, -0.2) is 26.7 Å². The molecule has 106 valence electrons. The highest BCUT2D eigenvalue weighted by Crippen LogP contribution is 2.29. The lowest BCUT2D eigenvalue weighted by atomic mass is 9.98. The van der Waals surface area contributed by atoms with Gasteiger partial charge in [-0.1, -0.05) is 26.0 Å². The average molecular weight is 262 g/mol. The maximum absolute atomic E-state index is 5.57. The van der Waals surface area contributed by atoms with Crippen molar-refractivity contribution in [3.8, 4) is 5.75 Å². The first kappa shape index (κ1) is 14.4. The first-order valence-electron chi connectivity index (χ1n) is 7.24. The molecule has 1 atom stereocenters. The molecule has 3 heteroatoms. The van der Waals surface area contributed by atoms with Gasteiger partial charge in [0.25, 0.3) is 0 Å². The fraction of sp³-hybridized carbons (Fsp3) is 0.625. The molecule has 0 aliphatic heterocycles. The second kappa shape index (κ2) is 6.40. The van der Waals surface area contributed by atoms with Crippen LogP contribution >= 0.6 is 0 Å². The van der Waals surface area contributed by atoms with Crippen molar-refractivity contribution in [2.75, 3.05) is 20.7 Å². The van der Waals surface area contributed by atoms with E-state index in [1.54, 1.807) is 7.11 Å². The largest absolute Gasteiger partial charge is 0.496 e. The Bertz CT molecular complexity index is 413. The van der Waals surface area contributed by atoms with E-state index in [1.807, 2.05) is 7.05 Å². The summed E-state index contributed by atoms with van der Waals surface area (Å²) in [6.45, 7) is 5.37. The van der Waals surface area contributed by atoms with Crippen molar-refractivity contribution in [2.24, 2.45) is 0 Å². The molecule has 0 spiro atoms. The maximum atomic E-state index is 5.57. The summed E-state index contributed by atoms with van der Waals surface area (Å²) in [7, 11) is 3.76. The van der Waals surface area contributed by atoms with Gasteiger partial charge in [0.1, 0.15) is 5.75 Å². The third-order valence-corrected chi connectivity index (χ3v) is 3.84. The highest BCUT2D eigenvalue weighted by atomic mass is 16.5. The Morgan fingerprint density at radius 3 is 2.58 bits per heavy atom. The maximum Gasteiger partial charge on any atom is 0.123 e. The molecule has 1 unspecified atom stereocenters. The van der Waals surface area contributed by atoms with Gasteiger partial charge < -0.3 is 15.4 Å². The Morgan fingerprint density at radius 1 is 1.32 bits per heavy atom. The van der Waals surface area contributed by atoms with Crippen molar-refractivity contribution in [1.29, 1.82) is 0 Å². The summed E-state index contributed by atoms with van der Waals surface area (Å²) in [5, 5.41) is 6.96. The van der Waals surface area contributed by atoms with E-state index in [2.05, 4.69) is 42.7 Å². The number of rotatable bonds is 7. The van der Waals surface area contributed by atoms with E-state index in [9.17, 15) is 0 Å².